The molecule has 2 aromatic rings. The average Bonchev–Trinajstić information content (AvgIpc) is 3.72. The molecular weight excluding hydrogens is 478 g/mol. The summed E-state index contributed by atoms with van der Waals surface area (Å²) in [5.74, 6) is -0.752. The van der Waals surface area contributed by atoms with Crippen LogP contribution < -0.4 is 5.32 Å². The van der Waals surface area contributed by atoms with E-state index in [1.165, 1.54) is 0 Å². The molecule has 2 N–H and O–H groups in total. The molecule has 1 fully saturated rings. The molecule has 0 aromatic heterocycles. The molecule has 2 aliphatic rings. The first-order valence-electron chi connectivity index (χ1n) is 13.9. The summed E-state index contributed by atoms with van der Waals surface area (Å²) in [5.41, 5.74) is 3.39. The van der Waals surface area contributed by atoms with Crippen molar-refractivity contribution in [3.8, 4) is 0 Å². The van der Waals surface area contributed by atoms with Crippen molar-refractivity contribution in [1.29, 1.82) is 0 Å². The Bertz CT molecular complexity index is 1160. The Labute approximate surface area is 225 Å². The lowest BCUT2D eigenvalue weighted by Gasteiger charge is -2.25. The third-order valence-electron chi connectivity index (χ3n) is 8.07. The highest BCUT2D eigenvalue weighted by atomic mass is 16.4. The van der Waals surface area contributed by atoms with Gasteiger partial charge in [0.2, 0.25) is 11.8 Å². The fourth-order valence-electron chi connectivity index (χ4n) is 5.17. The number of carbonyl (C=O) groups excluding carboxylic acids is 2. The van der Waals surface area contributed by atoms with Crippen LogP contribution in [0.2, 0.25) is 0 Å². The van der Waals surface area contributed by atoms with E-state index < -0.39 is 11.4 Å². The second-order valence-corrected chi connectivity index (χ2v) is 10.8. The highest BCUT2D eigenvalue weighted by molar-refractivity contribution is 6.04. The number of hydrogen-bond acceptors (Lipinski definition) is 4. The van der Waals surface area contributed by atoms with Gasteiger partial charge in [-0.3, -0.25) is 14.4 Å². The van der Waals surface area contributed by atoms with Gasteiger partial charge in [0.15, 0.2) is 0 Å². The average molecular weight is 518 g/mol. The van der Waals surface area contributed by atoms with Crippen molar-refractivity contribution in [2.24, 2.45) is 16.4 Å². The molecule has 0 bridgehead atoms. The number of carboxylic acids is 1. The Balaban J connectivity index is 1.35. The van der Waals surface area contributed by atoms with Gasteiger partial charge in [0.1, 0.15) is 0 Å². The molecule has 4 rings (SSSR count). The lowest BCUT2D eigenvalue weighted by Crippen LogP contribution is -2.33. The molecule has 38 heavy (non-hydrogen) atoms. The second kappa shape index (κ2) is 12.4. The van der Waals surface area contributed by atoms with Crippen molar-refractivity contribution in [1.82, 2.24) is 10.3 Å². The maximum absolute atomic E-state index is 13.2. The van der Waals surface area contributed by atoms with Gasteiger partial charge in [-0.05, 0) is 48.3 Å². The van der Waals surface area contributed by atoms with Crippen LogP contribution in [0, 0.1) is 11.3 Å². The van der Waals surface area contributed by atoms with Crippen LogP contribution in [0.4, 0.5) is 0 Å². The lowest BCUT2D eigenvalue weighted by molar-refractivity contribution is -0.143. The smallest absolute Gasteiger partial charge is 0.309 e. The molecule has 2 aromatic carbocycles. The third kappa shape index (κ3) is 6.69. The van der Waals surface area contributed by atoms with Crippen LogP contribution in [-0.4, -0.2) is 40.2 Å². The number of benzene rings is 2. The quantitative estimate of drug-likeness (QED) is 0.343. The fraction of sp³-hybridized carbons (Fsp3) is 0.484. The number of carbonyl (C=O) groups is 3. The van der Waals surface area contributed by atoms with Crippen molar-refractivity contribution in [2.45, 2.75) is 77.7 Å². The Morgan fingerprint density at radius 3 is 2.39 bits per heavy atom. The highest BCUT2D eigenvalue weighted by Crippen LogP contribution is 2.50. The summed E-state index contributed by atoms with van der Waals surface area (Å²) in [6.45, 7) is 5.13. The topological polar surface area (TPSA) is 99.1 Å². The van der Waals surface area contributed by atoms with Gasteiger partial charge < -0.3 is 10.4 Å². The van der Waals surface area contributed by atoms with E-state index in [4.69, 9.17) is 0 Å². The molecule has 0 radical (unpaired) electrons. The van der Waals surface area contributed by atoms with Crippen LogP contribution >= 0.6 is 0 Å². The van der Waals surface area contributed by atoms with Crippen LogP contribution in [0.5, 0.6) is 0 Å². The predicted molar refractivity (Wildman–Crippen MR) is 148 cm³/mol. The molecule has 7 nitrogen and oxygen atoms in total. The number of amides is 2. The maximum Gasteiger partial charge on any atom is 0.309 e. The van der Waals surface area contributed by atoms with Crippen molar-refractivity contribution in [3.63, 3.8) is 0 Å². The van der Waals surface area contributed by atoms with Crippen molar-refractivity contribution in [3.05, 3.63) is 71.3 Å². The first-order chi connectivity index (χ1) is 18.3. The molecule has 0 spiro atoms. The Kier molecular flexibility index (Phi) is 8.97. The number of aliphatic carboxylic acids is 1. The van der Waals surface area contributed by atoms with Crippen LogP contribution in [-0.2, 0) is 20.9 Å². The van der Waals surface area contributed by atoms with Gasteiger partial charge in [-0.2, -0.15) is 5.10 Å². The molecule has 1 aliphatic carbocycles. The zero-order valence-corrected chi connectivity index (χ0v) is 22.5. The van der Waals surface area contributed by atoms with Crippen LogP contribution in [0.25, 0.3) is 0 Å². The van der Waals surface area contributed by atoms with E-state index in [0.29, 0.717) is 32.4 Å². The summed E-state index contributed by atoms with van der Waals surface area (Å²) in [4.78, 5) is 37.0. The molecule has 1 aliphatic heterocycles. The molecule has 0 saturated heterocycles. The van der Waals surface area contributed by atoms with Gasteiger partial charge >= 0.3 is 5.97 Å². The standard InChI is InChI=1S/C31H39N3O4/c1-3-22(2)28(29(36)32-20-8-7-17-31(18-19-31)30(37)38)25-13-11-23(12-14-25)21-34-27(35)16-15-26(33-34)24-9-5-4-6-10-24/h4-6,9-14,22,28H,3,7-8,15-21H2,1-2H3,(H,32,36)(H,37,38). The number of rotatable bonds is 13. The van der Waals surface area contributed by atoms with Crippen LogP contribution in [0.3, 0.4) is 0 Å². The van der Waals surface area contributed by atoms with E-state index in [1.807, 2.05) is 54.6 Å². The summed E-state index contributed by atoms with van der Waals surface area (Å²) >= 11 is 0. The molecule has 1 saturated carbocycles. The molecule has 1 heterocycles. The van der Waals surface area contributed by atoms with Crippen molar-refractivity contribution in [2.75, 3.05) is 6.54 Å². The van der Waals surface area contributed by atoms with E-state index in [1.54, 1.807) is 5.01 Å². The second-order valence-electron chi connectivity index (χ2n) is 10.8. The summed E-state index contributed by atoms with van der Waals surface area (Å²) < 4.78 is 0. The monoisotopic (exact) mass is 517 g/mol. The fourth-order valence-corrected chi connectivity index (χ4v) is 5.17. The van der Waals surface area contributed by atoms with Crippen LogP contribution in [0.1, 0.15) is 87.8 Å². The van der Waals surface area contributed by atoms with E-state index in [-0.39, 0.29) is 23.7 Å². The minimum atomic E-state index is -0.685. The number of nitrogens with one attached hydrogen (secondary N) is 1. The minimum absolute atomic E-state index is 0.00906. The molecule has 2 unspecified atom stereocenters. The zero-order valence-electron chi connectivity index (χ0n) is 22.5. The first kappa shape index (κ1) is 27.6. The van der Waals surface area contributed by atoms with Gasteiger partial charge in [0.05, 0.1) is 23.6 Å². The number of unbranched alkanes of at least 4 members (excludes halogenated alkanes) is 1. The molecule has 2 amide bonds. The number of nitrogens with zero attached hydrogens (tertiary/aromatic N) is 2. The first-order valence-corrected chi connectivity index (χ1v) is 13.9. The van der Waals surface area contributed by atoms with Crippen molar-refractivity contribution < 1.29 is 19.5 Å². The molecule has 7 heteroatoms. The van der Waals surface area contributed by atoms with Gasteiger partial charge in [-0.1, -0.05) is 81.3 Å². The van der Waals surface area contributed by atoms with Gasteiger partial charge in [0.25, 0.3) is 0 Å². The maximum atomic E-state index is 13.2. The van der Waals surface area contributed by atoms with E-state index >= 15 is 0 Å². The van der Waals surface area contributed by atoms with Crippen LogP contribution in [0.15, 0.2) is 59.7 Å². The lowest BCUT2D eigenvalue weighted by atomic mass is 9.84. The zero-order chi connectivity index (χ0) is 27.1. The molecular formula is C31H39N3O4. The van der Waals surface area contributed by atoms with Gasteiger partial charge in [-0.15, -0.1) is 0 Å². The minimum Gasteiger partial charge on any atom is -0.481 e. The van der Waals surface area contributed by atoms with Crippen molar-refractivity contribution >= 4 is 23.5 Å². The summed E-state index contributed by atoms with van der Waals surface area (Å²) in [5, 5.41) is 18.6. The summed E-state index contributed by atoms with van der Waals surface area (Å²) in [6, 6.07) is 17.9. The SMILES string of the molecule is CCC(C)C(C(=O)NCCCCC1(C(=O)O)CC1)c1ccc(CN2N=C(c3ccccc3)CCC2=O)cc1. The number of hydrogen-bond donors (Lipinski definition) is 2. The summed E-state index contributed by atoms with van der Waals surface area (Å²) in [6.07, 6.45) is 5.77. The van der Waals surface area contributed by atoms with Gasteiger partial charge in [0, 0.05) is 19.4 Å². The molecule has 202 valence electrons. The normalized spacial score (nSPS) is 17.9. The van der Waals surface area contributed by atoms with E-state index in [2.05, 4.69) is 24.3 Å². The van der Waals surface area contributed by atoms with E-state index in [0.717, 1.165) is 54.5 Å². The predicted octanol–water partition coefficient (Wildman–Crippen LogP) is 5.49. The van der Waals surface area contributed by atoms with Gasteiger partial charge in [-0.25, -0.2) is 5.01 Å². The molecule has 2 atom stereocenters. The largest absolute Gasteiger partial charge is 0.481 e. The Morgan fingerprint density at radius 2 is 1.76 bits per heavy atom. The summed E-state index contributed by atoms with van der Waals surface area (Å²) in [7, 11) is 0. The Morgan fingerprint density at radius 1 is 1.05 bits per heavy atom. The van der Waals surface area contributed by atoms with E-state index in [9.17, 15) is 19.5 Å². The number of hydrazone groups is 1. The Hall–Kier alpha value is -3.48. The third-order valence-corrected chi connectivity index (χ3v) is 8.07. The number of carboxylic acid groups (broad SMARTS) is 1. The highest BCUT2D eigenvalue weighted by Gasteiger charge is 2.49.